The third-order valence-corrected chi connectivity index (χ3v) is 4.13. The first kappa shape index (κ1) is 22.8. The lowest BCUT2D eigenvalue weighted by molar-refractivity contribution is -0.301. The van der Waals surface area contributed by atoms with Crippen LogP contribution < -0.4 is 0 Å². The quantitative estimate of drug-likeness (QED) is 0.428. The number of hydrogen-bond acceptors (Lipinski definition) is 6. The zero-order valence-electron chi connectivity index (χ0n) is 13.6. The van der Waals surface area contributed by atoms with Gasteiger partial charge in [0.25, 0.3) is 0 Å². The molecule has 0 bridgehead atoms. The Kier molecular flexibility index (Phi) is 13.0. The Bertz CT molecular complexity index is 274. The van der Waals surface area contributed by atoms with E-state index in [9.17, 15) is 15.3 Å². The van der Waals surface area contributed by atoms with Gasteiger partial charge in [-0.3, -0.25) is 0 Å². The van der Waals surface area contributed by atoms with Gasteiger partial charge in [-0.05, 0) is 6.42 Å². The Labute approximate surface area is 140 Å². The highest BCUT2D eigenvalue weighted by atomic mass is 16.7. The van der Waals surface area contributed by atoms with E-state index in [1.807, 2.05) is 0 Å². The molecule has 1 aliphatic rings. The molecule has 0 aromatic carbocycles. The zero-order valence-corrected chi connectivity index (χ0v) is 13.6. The van der Waals surface area contributed by atoms with Crippen LogP contribution in [0.5, 0.6) is 0 Å². The molecule has 1 rings (SSSR count). The van der Waals surface area contributed by atoms with Gasteiger partial charge in [0.2, 0.25) is 0 Å². The van der Waals surface area contributed by atoms with Crippen molar-refractivity contribution < 1.29 is 29.9 Å². The molecule has 23 heavy (non-hydrogen) atoms. The van der Waals surface area contributed by atoms with Gasteiger partial charge in [0.1, 0.15) is 24.4 Å². The maximum absolute atomic E-state index is 9.80. The molecule has 0 saturated carbocycles. The van der Waals surface area contributed by atoms with Gasteiger partial charge in [-0.2, -0.15) is 0 Å². The number of hydrogen-bond donors (Lipinski definition) is 4. The lowest BCUT2D eigenvalue weighted by Gasteiger charge is -2.39. The largest absolute Gasteiger partial charge is 0.394 e. The van der Waals surface area contributed by atoms with Gasteiger partial charge in [0, 0.05) is 6.61 Å². The highest BCUT2D eigenvalue weighted by molar-refractivity contribution is 4.88. The first-order valence-corrected chi connectivity index (χ1v) is 8.54. The third kappa shape index (κ3) is 7.92. The van der Waals surface area contributed by atoms with E-state index in [1.54, 1.807) is 0 Å². The molecule has 0 spiro atoms. The fourth-order valence-electron chi connectivity index (χ4n) is 2.64. The van der Waals surface area contributed by atoms with Crippen LogP contribution in [-0.2, 0) is 9.47 Å². The third-order valence-electron chi connectivity index (χ3n) is 4.13. The molecule has 0 amide bonds. The van der Waals surface area contributed by atoms with E-state index in [0.717, 1.165) is 12.8 Å². The fourth-order valence-corrected chi connectivity index (χ4v) is 2.64. The highest BCUT2D eigenvalue weighted by Gasteiger charge is 2.43. The predicted octanol–water partition coefficient (Wildman–Crippen LogP) is 1.58. The Morgan fingerprint density at radius 3 is 1.96 bits per heavy atom. The Hall–Kier alpha value is -0.240. The summed E-state index contributed by atoms with van der Waals surface area (Å²) in [5.41, 5.74) is 0. The van der Waals surface area contributed by atoms with Gasteiger partial charge < -0.3 is 29.9 Å². The fraction of sp³-hybridized carbons (Fsp3) is 1.00. The first-order valence-electron chi connectivity index (χ1n) is 8.54. The molecule has 6 nitrogen and oxygen atoms in total. The molecular formula is C17H36O6. The van der Waals surface area contributed by atoms with Crippen LogP contribution in [0.4, 0.5) is 0 Å². The van der Waals surface area contributed by atoms with E-state index >= 15 is 0 Å². The van der Waals surface area contributed by atoms with Gasteiger partial charge >= 0.3 is 0 Å². The minimum atomic E-state index is -1.37. The van der Waals surface area contributed by atoms with Crippen LogP contribution in [0.2, 0.25) is 0 Å². The van der Waals surface area contributed by atoms with E-state index < -0.39 is 37.3 Å². The van der Waals surface area contributed by atoms with Crippen molar-refractivity contribution in [3.63, 3.8) is 0 Å². The summed E-state index contributed by atoms with van der Waals surface area (Å²) >= 11 is 0. The average Bonchev–Trinajstić information content (AvgIpc) is 2.53. The number of ether oxygens (including phenoxy) is 2. The van der Waals surface area contributed by atoms with Crippen molar-refractivity contribution in [3.8, 4) is 0 Å². The van der Waals surface area contributed by atoms with Crippen molar-refractivity contribution in [3.05, 3.63) is 0 Å². The summed E-state index contributed by atoms with van der Waals surface area (Å²) in [6.07, 6.45) is 3.58. The molecule has 1 heterocycles. The molecule has 1 fully saturated rings. The Morgan fingerprint density at radius 1 is 0.826 bits per heavy atom. The van der Waals surface area contributed by atoms with Crippen LogP contribution in [0.15, 0.2) is 0 Å². The second-order valence-corrected chi connectivity index (χ2v) is 6.04. The second kappa shape index (κ2) is 13.1. The predicted molar refractivity (Wildman–Crippen MR) is 89.1 cm³/mol. The molecule has 1 aliphatic heterocycles. The van der Waals surface area contributed by atoms with Crippen LogP contribution in [0.1, 0.15) is 65.7 Å². The van der Waals surface area contributed by atoms with Gasteiger partial charge in [0.05, 0.1) is 6.61 Å². The van der Waals surface area contributed by atoms with E-state index in [4.69, 9.17) is 14.6 Å². The van der Waals surface area contributed by atoms with Gasteiger partial charge in [-0.1, -0.05) is 59.3 Å². The zero-order chi connectivity index (χ0) is 16.4. The smallest absolute Gasteiger partial charge is 0.186 e. The summed E-state index contributed by atoms with van der Waals surface area (Å²) in [7, 11) is 0. The second-order valence-electron chi connectivity index (χ2n) is 6.04. The van der Waals surface area contributed by atoms with Gasteiger partial charge in [-0.25, -0.2) is 0 Å². The number of rotatable bonds is 11. The molecule has 140 valence electrons. The molecule has 6 heteroatoms. The van der Waals surface area contributed by atoms with Crippen LogP contribution in [-0.4, -0.2) is 64.3 Å². The summed E-state index contributed by atoms with van der Waals surface area (Å²) in [5.74, 6) is 0. The SMILES string of the molecule is C.CCCCCCCCCCOC1O[C@H](CO)[C@@H](O)[C@H](O)[C@H]1O. The maximum atomic E-state index is 9.80. The molecule has 0 aromatic heterocycles. The lowest BCUT2D eigenvalue weighted by atomic mass is 9.99. The first-order chi connectivity index (χ1) is 10.6. The molecule has 1 unspecified atom stereocenters. The number of aliphatic hydroxyl groups excluding tert-OH is 4. The average molecular weight is 336 g/mol. The van der Waals surface area contributed by atoms with Crippen molar-refractivity contribution in [2.75, 3.05) is 13.2 Å². The topological polar surface area (TPSA) is 99.4 Å². The van der Waals surface area contributed by atoms with E-state index in [1.165, 1.54) is 38.5 Å². The summed E-state index contributed by atoms with van der Waals surface area (Å²) in [5, 5.41) is 38.2. The van der Waals surface area contributed by atoms with Crippen molar-refractivity contribution in [1.82, 2.24) is 0 Å². The van der Waals surface area contributed by atoms with Crippen LogP contribution in [0.3, 0.4) is 0 Å². The van der Waals surface area contributed by atoms with Gasteiger partial charge in [0.15, 0.2) is 6.29 Å². The van der Waals surface area contributed by atoms with Gasteiger partial charge in [-0.15, -0.1) is 0 Å². The van der Waals surface area contributed by atoms with E-state index in [0.29, 0.717) is 6.61 Å². The normalized spacial score (nSPS) is 30.9. The molecular weight excluding hydrogens is 300 g/mol. The van der Waals surface area contributed by atoms with Crippen molar-refractivity contribution >= 4 is 0 Å². The van der Waals surface area contributed by atoms with Crippen molar-refractivity contribution in [1.29, 1.82) is 0 Å². The van der Waals surface area contributed by atoms with Crippen LogP contribution >= 0.6 is 0 Å². The number of unbranched alkanes of at least 4 members (excludes halogenated alkanes) is 7. The van der Waals surface area contributed by atoms with E-state index in [-0.39, 0.29) is 7.43 Å². The minimum absolute atomic E-state index is 0. The molecule has 1 saturated heterocycles. The lowest BCUT2D eigenvalue weighted by Crippen LogP contribution is -2.59. The minimum Gasteiger partial charge on any atom is -0.394 e. The van der Waals surface area contributed by atoms with Crippen molar-refractivity contribution in [2.24, 2.45) is 0 Å². The summed E-state index contributed by atoms with van der Waals surface area (Å²) in [6.45, 7) is 2.20. The molecule has 4 N–H and O–H groups in total. The Morgan fingerprint density at radius 2 is 1.39 bits per heavy atom. The highest BCUT2D eigenvalue weighted by Crippen LogP contribution is 2.22. The van der Waals surface area contributed by atoms with E-state index in [2.05, 4.69) is 6.92 Å². The van der Waals surface area contributed by atoms with Crippen molar-refractivity contribution in [2.45, 2.75) is 96.4 Å². The molecule has 0 radical (unpaired) electrons. The van der Waals surface area contributed by atoms with Crippen LogP contribution in [0, 0.1) is 0 Å². The van der Waals surface area contributed by atoms with Crippen LogP contribution in [0.25, 0.3) is 0 Å². The summed E-state index contributed by atoms with van der Waals surface area (Å²) in [6, 6.07) is 0. The summed E-state index contributed by atoms with van der Waals surface area (Å²) < 4.78 is 10.7. The molecule has 0 aliphatic carbocycles. The standard InChI is InChI=1S/C16H32O6.CH4/c1-2-3-4-5-6-7-8-9-10-21-16-15(20)14(19)13(18)12(11-17)22-16;/h12-20H,2-11H2,1H3;1H4/t12-,13-,14+,15-,16?;/m1./s1. The Balaban J connectivity index is 0.00000484. The maximum Gasteiger partial charge on any atom is 0.186 e. The molecule has 0 aromatic rings. The monoisotopic (exact) mass is 336 g/mol. The molecule has 5 atom stereocenters. The number of aliphatic hydroxyl groups is 4. The summed E-state index contributed by atoms with van der Waals surface area (Å²) in [4.78, 5) is 0.